The largest absolute Gasteiger partial charge is 0.468 e. The Morgan fingerprint density at radius 3 is 3.08 bits per heavy atom. The second-order valence-electron chi connectivity index (χ2n) is 2.30. The summed E-state index contributed by atoms with van der Waals surface area (Å²) < 4.78 is 6.05. The molecule has 13 heavy (non-hydrogen) atoms. The van der Waals surface area contributed by atoms with E-state index in [1.54, 1.807) is 0 Å². The number of hydrogen-bond acceptors (Lipinski definition) is 4. The molecule has 0 aliphatic rings. The number of hydrogen-bond donors (Lipinski definition) is 1. The number of terminal acetylenes is 1. The highest BCUT2D eigenvalue weighted by Gasteiger charge is 2.05. The van der Waals surface area contributed by atoms with E-state index in [4.69, 9.17) is 16.9 Å². The number of nitrogens with two attached hydrogens (primary N) is 1. The standard InChI is InChI=1S/C8H9N3O2/c1-3-4-11-7(12)5-6(9)10-8(11)13-2/h1,5H,4,9H2,2H3. The molecule has 68 valence electrons. The molecule has 0 aromatic carbocycles. The van der Waals surface area contributed by atoms with E-state index in [1.165, 1.54) is 17.7 Å². The molecule has 0 radical (unpaired) electrons. The highest BCUT2D eigenvalue weighted by atomic mass is 16.5. The van der Waals surface area contributed by atoms with Gasteiger partial charge in [-0.3, -0.25) is 9.36 Å². The summed E-state index contributed by atoms with van der Waals surface area (Å²) in [7, 11) is 1.40. The molecule has 0 unspecified atom stereocenters. The fourth-order valence-electron chi connectivity index (χ4n) is 0.894. The van der Waals surface area contributed by atoms with E-state index in [0.29, 0.717) is 0 Å². The molecule has 1 rings (SSSR count). The SMILES string of the molecule is C#CCn1c(OC)nc(N)cc1=O. The van der Waals surface area contributed by atoms with Crippen LogP contribution < -0.4 is 16.0 Å². The van der Waals surface area contributed by atoms with Gasteiger partial charge in [0.1, 0.15) is 5.82 Å². The average Bonchev–Trinajstić information content (AvgIpc) is 2.09. The van der Waals surface area contributed by atoms with E-state index in [9.17, 15) is 4.79 Å². The van der Waals surface area contributed by atoms with Crippen molar-refractivity contribution in [2.75, 3.05) is 12.8 Å². The van der Waals surface area contributed by atoms with Gasteiger partial charge in [0, 0.05) is 6.07 Å². The minimum Gasteiger partial charge on any atom is -0.468 e. The normalized spacial score (nSPS) is 9.23. The first-order chi connectivity index (χ1) is 6.19. The Bertz CT molecular complexity index is 403. The van der Waals surface area contributed by atoms with Crippen molar-refractivity contribution in [3.05, 3.63) is 16.4 Å². The molecule has 1 aromatic heterocycles. The number of methoxy groups -OCH3 is 1. The lowest BCUT2D eigenvalue weighted by Gasteiger charge is -2.06. The molecule has 0 bridgehead atoms. The molecule has 0 saturated heterocycles. The van der Waals surface area contributed by atoms with Crippen LogP contribution in [0.15, 0.2) is 10.9 Å². The average molecular weight is 179 g/mol. The van der Waals surface area contributed by atoms with Gasteiger partial charge in [-0.25, -0.2) is 0 Å². The van der Waals surface area contributed by atoms with Crippen molar-refractivity contribution < 1.29 is 4.74 Å². The van der Waals surface area contributed by atoms with Crippen molar-refractivity contribution in [2.45, 2.75) is 6.54 Å². The molecule has 0 atom stereocenters. The summed E-state index contributed by atoms with van der Waals surface area (Å²) >= 11 is 0. The molecule has 0 saturated carbocycles. The Morgan fingerprint density at radius 1 is 1.85 bits per heavy atom. The summed E-state index contributed by atoms with van der Waals surface area (Å²) in [6.07, 6.45) is 5.07. The lowest BCUT2D eigenvalue weighted by molar-refractivity contribution is 0.354. The van der Waals surface area contributed by atoms with Crippen molar-refractivity contribution in [3.8, 4) is 18.4 Å². The van der Waals surface area contributed by atoms with Crippen LogP contribution >= 0.6 is 0 Å². The van der Waals surface area contributed by atoms with E-state index in [1.807, 2.05) is 0 Å². The third-order valence-corrected chi connectivity index (χ3v) is 1.43. The van der Waals surface area contributed by atoms with E-state index in [-0.39, 0.29) is 23.9 Å². The Morgan fingerprint density at radius 2 is 2.54 bits per heavy atom. The van der Waals surface area contributed by atoms with Crippen molar-refractivity contribution in [2.24, 2.45) is 0 Å². The monoisotopic (exact) mass is 179 g/mol. The predicted octanol–water partition coefficient (Wildman–Crippen LogP) is -0.533. The smallest absolute Gasteiger partial charge is 0.301 e. The molecular weight excluding hydrogens is 170 g/mol. The van der Waals surface area contributed by atoms with Gasteiger partial charge < -0.3 is 10.5 Å². The van der Waals surface area contributed by atoms with Crippen LogP contribution in [-0.4, -0.2) is 16.7 Å². The van der Waals surface area contributed by atoms with Gasteiger partial charge in [-0.1, -0.05) is 5.92 Å². The topological polar surface area (TPSA) is 70.1 Å². The molecule has 0 amide bonds. The van der Waals surface area contributed by atoms with Gasteiger partial charge in [0.2, 0.25) is 0 Å². The number of rotatable bonds is 2. The van der Waals surface area contributed by atoms with Crippen molar-refractivity contribution in [3.63, 3.8) is 0 Å². The zero-order chi connectivity index (χ0) is 9.84. The lowest BCUT2D eigenvalue weighted by Crippen LogP contribution is -2.22. The summed E-state index contributed by atoms with van der Waals surface area (Å²) in [6.45, 7) is 0.120. The van der Waals surface area contributed by atoms with E-state index >= 15 is 0 Å². The first-order valence-electron chi connectivity index (χ1n) is 3.54. The summed E-state index contributed by atoms with van der Waals surface area (Å²) in [6, 6.07) is 1.32. The number of nitrogens with zero attached hydrogens (tertiary/aromatic N) is 2. The van der Waals surface area contributed by atoms with E-state index in [0.717, 1.165) is 0 Å². The first-order valence-corrected chi connectivity index (χ1v) is 3.54. The summed E-state index contributed by atoms with van der Waals surface area (Å²) in [4.78, 5) is 15.1. The highest BCUT2D eigenvalue weighted by Crippen LogP contribution is 2.04. The first kappa shape index (κ1) is 9.13. The van der Waals surface area contributed by atoms with Crippen molar-refractivity contribution in [1.29, 1.82) is 0 Å². The minimum absolute atomic E-state index is 0.120. The van der Waals surface area contributed by atoms with Crippen LogP contribution in [0.4, 0.5) is 5.82 Å². The van der Waals surface area contributed by atoms with Crippen LogP contribution in [0.1, 0.15) is 0 Å². The summed E-state index contributed by atoms with van der Waals surface area (Å²) in [5.41, 5.74) is 5.03. The van der Waals surface area contributed by atoms with Gasteiger partial charge in [0.15, 0.2) is 0 Å². The number of aromatic nitrogens is 2. The van der Waals surface area contributed by atoms with Crippen LogP contribution in [-0.2, 0) is 6.54 Å². The van der Waals surface area contributed by atoms with Gasteiger partial charge in [-0.05, 0) is 0 Å². The van der Waals surface area contributed by atoms with Gasteiger partial charge in [-0.2, -0.15) is 4.98 Å². The van der Waals surface area contributed by atoms with E-state index in [2.05, 4.69) is 10.9 Å². The summed E-state index contributed by atoms with van der Waals surface area (Å²) in [5, 5.41) is 0. The Hall–Kier alpha value is -1.96. The zero-order valence-electron chi connectivity index (χ0n) is 7.15. The van der Waals surface area contributed by atoms with Crippen LogP contribution in [0.25, 0.3) is 0 Å². The second kappa shape index (κ2) is 3.63. The third kappa shape index (κ3) is 1.79. The molecule has 2 N–H and O–H groups in total. The fraction of sp³-hybridized carbons (Fsp3) is 0.250. The molecule has 0 spiro atoms. The van der Waals surface area contributed by atoms with Crippen LogP contribution in [0, 0.1) is 12.3 Å². The number of anilines is 1. The molecular formula is C8H9N3O2. The van der Waals surface area contributed by atoms with Crippen molar-refractivity contribution in [1.82, 2.24) is 9.55 Å². The molecule has 5 heteroatoms. The number of ether oxygens (including phenoxy) is 1. The van der Waals surface area contributed by atoms with Crippen LogP contribution in [0.2, 0.25) is 0 Å². The highest BCUT2D eigenvalue weighted by molar-refractivity contribution is 5.27. The molecule has 1 heterocycles. The van der Waals surface area contributed by atoms with E-state index < -0.39 is 0 Å². The second-order valence-corrected chi connectivity index (χ2v) is 2.30. The lowest BCUT2D eigenvalue weighted by atomic mass is 10.5. The summed E-state index contributed by atoms with van der Waals surface area (Å²) in [5.74, 6) is 2.44. The molecule has 5 nitrogen and oxygen atoms in total. The molecule has 0 aliphatic carbocycles. The van der Waals surface area contributed by atoms with Gasteiger partial charge in [0.05, 0.1) is 13.7 Å². The Labute approximate surface area is 75.2 Å². The fourth-order valence-corrected chi connectivity index (χ4v) is 0.894. The Balaban J connectivity index is 3.32. The van der Waals surface area contributed by atoms with Gasteiger partial charge >= 0.3 is 6.01 Å². The molecule has 1 aromatic rings. The van der Waals surface area contributed by atoms with Gasteiger partial charge in [0.25, 0.3) is 5.56 Å². The maximum Gasteiger partial charge on any atom is 0.301 e. The Kier molecular flexibility index (Phi) is 2.55. The van der Waals surface area contributed by atoms with Gasteiger partial charge in [-0.15, -0.1) is 6.42 Å². The molecule has 0 aliphatic heterocycles. The molecule has 0 fully saturated rings. The van der Waals surface area contributed by atoms with Crippen LogP contribution in [0.3, 0.4) is 0 Å². The third-order valence-electron chi connectivity index (χ3n) is 1.43. The minimum atomic E-state index is -0.317. The maximum atomic E-state index is 11.3. The quantitative estimate of drug-likeness (QED) is 0.619. The van der Waals surface area contributed by atoms with Crippen LogP contribution in [0.5, 0.6) is 6.01 Å². The maximum absolute atomic E-state index is 11.3. The number of nitrogen functional groups attached to an aromatic ring is 1. The van der Waals surface area contributed by atoms with Crippen molar-refractivity contribution >= 4 is 5.82 Å². The predicted molar refractivity (Wildman–Crippen MR) is 48.3 cm³/mol. The zero-order valence-corrected chi connectivity index (χ0v) is 7.15.